The quantitative estimate of drug-likeness (QED) is 0.829. The maximum atomic E-state index is 13.0. The van der Waals surface area contributed by atoms with Crippen molar-refractivity contribution in [2.75, 3.05) is 13.1 Å². The minimum Gasteiger partial charge on any atom is -0.379 e. The number of piperidine rings is 1. The molecule has 6 nitrogen and oxygen atoms in total. The molecule has 1 saturated heterocycles. The second-order valence-electron chi connectivity index (χ2n) is 8.41. The molecule has 2 aromatic carbocycles. The van der Waals surface area contributed by atoms with Crippen molar-refractivity contribution in [2.24, 2.45) is 16.8 Å². The fourth-order valence-electron chi connectivity index (χ4n) is 4.13. The lowest BCUT2D eigenvalue weighted by Gasteiger charge is -2.32. The van der Waals surface area contributed by atoms with Gasteiger partial charge < -0.3 is 15.5 Å². The lowest BCUT2D eigenvalue weighted by Crippen LogP contribution is -2.41. The highest BCUT2D eigenvalue weighted by atomic mass is 16.7. The molecule has 0 aliphatic carbocycles. The number of nitrogens with zero attached hydrogens (tertiary/aromatic N) is 2. The summed E-state index contributed by atoms with van der Waals surface area (Å²) in [5.74, 6) is 0.0956. The van der Waals surface area contributed by atoms with Gasteiger partial charge in [0.15, 0.2) is 0 Å². The van der Waals surface area contributed by atoms with E-state index in [0.29, 0.717) is 23.6 Å². The van der Waals surface area contributed by atoms with E-state index in [0.717, 1.165) is 37.9 Å². The Balaban J connectivity index is 1.38. The van der Waals surface area contributed by atoms with Gasteiger partial charge in [-0.2, -0.15) is 0 Å². The third-order valence-corrected chi connectivity index (χ3v) is 6.10. The number of rotatable bonds is 5. The molecule has 0 aromatic heterocycles. The number of oxime groups is 1. The molecule has 156 valence electrons. The highest BCUT2D eigenvalue weighted by Gasteiger charge is 2.40. The Hall–Kier alpha value is -3.15. The number of primary amides is 1. The topological polar surface area (TPSA) is 85.0 Å². The molecule has 6 heteroatoms. The van der Waals surface area contributed by atoms with Crippen molar-refractivity contribution in [3.8, 4) is 0 Å². The number of carbonyl (C=O) groups is 2. The second kappa shape index (κ2) is 8.30. The molecule has 2 amide bonds. The molecule has 2 aliphatic heterocycles. The normalized spacial score (nSPS) is 21.8. The van der Waals surface area contributed by atoms with Crippen LogP contribution < -0.4 is 5.73 Å². The van der Waals surface area contributed by atoms with Crippen molar-refractivity contribution >= 4 is 17.5 Å². The van der Waals surface area contributed by atoms with E-state index in [4.69, 9.17) is 10.6 Å². The summed E-state index contributed by atoms with van der Waals surface area (Å²) in [5.41, 5.74) is 7.68. The molecular weight excluding hydrogens is 378 g/mol. The first-order chi connectivity index (χ1) is 14.4. The van der Waals surface area contributed by atoms with Crippen molar-refractivity contribution in [2.45, 2.75) is 38.2 Å². The minimum atomic E-state index is -1.13. The van der Waals surface area contributed by atoms with Crippen LogP contribution in [-0.2, 0) is 16.1 Å². The Bertz CT molecular complexity index is 965. The maximum absolute atomic E-state index is 13.0. The molecule has 2 heterocycles. The summed E-state index contributed by atoms with van der Waals surface area (Å²) < 4.78 is 0. The van der Waals surface area contributed by atoms with Crippen molar-refractivity contribution < 1.29 is 14.4 Å². The van der Waals surface area contributed by atoms with Crippen molar-refractivity contribution in [1.29, 1.82) is 0 Å². The van der Waals surface area contributed by atoms with Gasteiger partial charge in [0.05, 0.1) is 5.71 Å². The molecule has 0 bridgehead atoms. The predicted molar refractivity (Wildman–Crippen MR) is 115 cm³/mol. The van der Waals surface area contributed by atoms with Gasteiger partial charge in [0.25, 0.3) is 11.8 Å². The van der Waals surface area contributed by atoms with Crippen LogP contribution in [0.3, 0.4) is 0 Å². The largest absolute Gasteiger partial charge is 0.379 e. The van der Waals surface area contributed by atoms with Crippen LogP contribution in [-0.4, -0.2) is 41.1 Å². The van der Waals surface area contributed by atoms with E-state index in [-0.39, 0.29) is 5.91 Å². The predicted octanol–water partition coefficient (Wildman–Crippen LogP) is 3.15. The van der Waals surface area contributed by atoms with Crippen molar-refractivity contribution in [3.63, 3.8) is 0 Å². The van der Waals surface area contributed by atoms with E-state index >= 15 is 0 Å². The molecule has 2 N–H and O–H groups in total. The molecule has 1 unspecified atom stereocenters. The summed E-state index contributed by atoms with van der Waals surface area (Å²) in [4.78, 5) is 31.8. The smallest absolute Gasteiger partial charge is 0.264 e. The van der Waals surface area contributed by atoms with E-state index in [1.807, 2.05) is 35.2 Å². The number of hydrogen-bond donors (Lipinski definition) is 1. The van der Waals surface area contributed by atoms with Gasteiger partial charge in [0.2, 0.25) is 5.60 Å². The van der Waals surface area contributed by atoms with Crippen LogP contribution in [0, 0.1) is 5.92 Å². The van der Waals surface area contributed by atoms with Gasteiger partial charge in [-0.3, -0.25) is 9.59 Å². The first-order valence-corrected chi connectivity index (χ1v) is 10.4. The number of benzene rings is 2. The average Bonchev–Trinajstić information content (AvgIpc) is 3.18. The lowest BCUT2D eigenvalue weighted by atomic mass is 9.90. The van der Waals surface area contributed by atoms with Gasteiger partial charge in [0.1, 0.15) is 0 Å². The van der Waals surface area contributed by atoms with E-state index < -0.39 is 11.5 Å². The molecule has 1 atom stereocenters. The Labute approximate surface area is 176 Å². The number of carbonyl (C=O) groups excluding carboxylic acids is 2. The average molecular weight is 405 g/mol. The molecule has 0 spiro atoms. The summed E-state index contributed by atoms with van der Waals surface area (Å²) in [5, 5.41) is 4.03. The van der Waals surface area contributed by atoms with Crippen LogP contribution in [0.4, 0.5) is 0 Å². The first kappa shape index (κ1) is 20.1. The van der Waals surface area contributed by atoms with Gasteiger partial charge in [0, 0.05) is 30.6 Å². The molecule has 2 aromatic rings. The first-order valence-electron chi connectivity index (χ1n) is 10.4. The molecular formula is C24H27N3O3. The summed E-state index contributed by atoms with van der Waals surface area (Å²) >= 11 is 0. The number of likely N-dealkylation sites (tertiary alicyclic amines) is 1. The molecule has 30 heavy (non-hydrogen) atoms. The van der Waals surface area contributed by atoms with Gasteiger partial charge in [-0.05, 0) is 49.8 Å². The van der Waals surface area contributed by atoms with Crippen LogP contribution in [0.1, 0.15) is 47.7 Å². The van der Waals surface area contributed by atoms with Crippen LogP contribution >= 0.6 is 0 Å². The zero-order valence-corrected chi connectivity index (χ0v) is 17.2. The third kappa shape index (κ3) is 4.22. The SMILES string of the molecule is CC1(C(N)=O)CC(c2cccc(C(=O)N3CCC(Cc4ccccc4)CC3)c2)=NO1. The molecule has 0 saturated carbocycles. The Morgan fingerprint density at radius 3 is 2.53 bits per heavy atom. The zero-order chi connectivity index (χ0) is 21.1. The van der Waals surface area contributed by atoms with Crippen LogP contribution in [0.2, 0.25) is 0 Å². The van der Waals surface area contributed by atoms with Crippen molar-refractivity contribution in [1.82, 2.24) is 4.90 Å². The minimum absolute atomic E-state index is 0.0344. The van der Waals surface area contributed by atoms with Gasteiger partial charge >= 0.3 is 0 Å². The fourth-order valence-corrected chi connectivity index (χ4v) is 4.13. The van der Waals surface area contributed by atoms with Crippen LogP contribution in [0.25, 0.3) is 0 Å². The fraction of sp³-hybridized carbons (Fsp3) is 0.375. The summed E-state index contributed by atoms with van der Waals surface area (Å²) in [6.45, 7) is 3.16. The summed E-state index contributed by atoms with van der Waals surface area (Å²) in [7, 11) is 0. The Morgan fingerprint density at radius 2 is 1.87 bits per heavy atom. The molecule has 4 rings (SSSR count). The third-order valence-electron chi connectivity index (χ3n) is 6.10. The molecule has 2 aliphatic rings. The Morgan fingerprint density at radius 1 is 1.13 bits per heavy atom. The highest BCUT2D eigenvalue weighted by molar-refractivity contribution is 6.06. The second-order valence-corrected chi connectivity index (χ2v) is 8.41. The number of amides is 2. The van der Waals surface area contributed by atoms with Gasteiger partial charge in [-0.25, -0.2) is 0 Å². The van der Waals surface area contributed by atoms with E-state index in [1.165, 1.54) is 5.56 Å². The summed E-state index contributed by atoms with van der Waals surface area (Å²) in [6.07, 6.45) is 3.39. The zero-order valence-electron chi connectivity index (χ0n) is 17.2. The summed E-state index contributed by atoms with van der Waals surface area (Å²) in [6, 6.07) is 17.9. The Kier molecular flexibility index (Phi) is 5.57. The van der Waals surface area contributed by atoms with E-state index in [1.54, 1.807) is 6.92 Å². The van der Waals surface area contributed by atoms with E-state index in [9.17, 15) is 9.59 Å². The van der Waals surface area contributed by atoms with Crippen molar-refractivity contribution in [3.05, 3.63) is 71.3 Å². The maximum Gasteiger partial charge on any atom is 0.264 e. The molecule has 0 radical (unpaired) electrons. The number of nitrogens with two attached hydrogens (primary N) is 1. The monoisotopic (exact) mass is 405 g/mol. The van der Waals surface area contributed by atoms with Gasteiger partial charge in [-0.15, -0.1) is 0 Å². The standard InChI is InChI=1S/C24H27N3O3/c1-24(23(25)29)16-21(26-30-24)19-8-5-9-20(15-19)22(28)27-12-10-18(11-13-27)14-17-6-3-2-4-7-17/h2-9,15,18H,10-14,16H2,1H3,(H2,25,29). The van der Waals surface area contributed by atoms with Crippen LogP contribution in [0.5, 0.6) is 0 Å². The van der Waals surface area contributed by atoms with Crippen LogP contribution in [0.15, 0.2) is 59.8 Å². The highest BCUT2D eigenvalue weighted by Crippen LogP contribution is 2.27. The van der Waals surface area contributed by atoms with Gasteiger partial charge in [-0.1, -0.05) is 47.6 Å². The molecule has 1 fully saturated rings. The lowest BCUT2D eigenvalue weighted by molar-refractivity contribution is -0.138. The number of hydrogen-bond acceptors (Lipinski definition) is 4. The van der Waals surface area contributed by atoms with E-state index in [2.05, 4.69) is 29.4 Å².